The van der Waals surface area contributed by atoms with E-state index < -0.39 is 0 Å². The molecule has 120 valence electrons. The van der Waals surface area contributed by atoms with Crippen LogP contribution in [0.2, 0.25) is 0 Å². The maximum atomic E-state index is 6.05. The largest absolute Gasteiger partial charge is 0.330 e. The van der Waals surface area contributed by atoms with Crippen molar-refractivity contribution in [1.29, 1.82) is 0 Å². The Morgan fingerprint density at radius 2 is 2.00 bits per heavy atom. The summed E-state index contributed by atoms with van der Waals surface area (Å²) in [6.07, 6.45) is 6.11. The van der Waals surface area contributed by atoms with Crippen molar-refractivity contribution in [2.45, 2.75) is 59.8 Å². The second-order valence-corrected chi connectivity index (χ2v) is 7.94. The van der Waals surface area contributed by atoms with Crippen molar-refractivity contribution in [2.24, 2.45) is 36.0 Å². The van der Waals surface area contributed by atoms with E-state index in [1.54, 1.807) is 0 Å². The second-order valence-electron chi connectivity index (χ2n) is 7.94. The van der Waals surface area contributed by atoms with E-state index in [4.69, 9.17) is 5.73 Å². The van der Waals surface area contributed by atoms with Gasteiger partial charge in [0.05, 0.1) is 5.69 Å². The third-order valence-electron chi connectivity index (χ3n) is 5.53. The molecule has 0 aromatic carbocycles. The van der Waals surface area contributed by atoms with E-state index in [0.29, 0.717) is 17.3 Å². The van der Waals surface area contributed by atoms with Crippen LogP contribution in [0.5, 0.6) is 0 Å². The minimum atomic E-state index is 0.416. The lowest BCUT2D eigenvalue weighted by Gasteiger charge is -2.41. The summed E-state index contributed by atoms with van der Waals surface area (Å²) < 4.78 is 2.08. The molecule has 1 aromatic heterocycles. The average molecular weight is 291 g/mol. The molecule has 1 saturated carbocycles. The van der Waals surface area contributed by atoms with Gasteiger partial charge in [0.15, 0.2) is 0 Å². The highest BCUT2D eigenvalue weighted by Gasteiger charge is 2.35. The van der Waals surface area contributed by atoms with E-state index in [9.17, 15) is 0 Å². The Morgan fingerprint density at radius 3 is 2.52 bits per heavy atom. The van der Waals surface area contributed by atoms with Crippen LogP contribution in [0.1, 0.15) is 58.3 Å². The summed E-state index contributed by atoms with van der Waals surface area (Å²) in [4.78, 5) is 0. The molecule has 0 aliphatic heterocycles. The summed E-state index contributed by atoms with van der Waals surface area (Å²) in [5.74, 6) is 2.22. The molecular formula is C18H33N3. The Hall–Kier alpha value is -0.830. The lowest BCUT2D eigenvalue weighted by atomic mass is 9.64. The second kappa shape index (κ2) is 6.51. The van der Waals surface area contributed by atoms with Crippen molar-refractivity contribution < 1.29 is 0 Å². The van der Waals surface area contributed by atoms with Gasteiger partial charge in [0, 0.05) is 12.7 Å². The van der Waals surface area contributed by atoms with Crippen LogP contribution in [0.4, 0.5) is 0 Å². The molecule has 1 aliphatic rings. The molecule has 0 saturated heterocycles. The molecule has 0 spiro atoms. The predicted octanol–water partition coefficient (Wildman–Crippen LogP) is 3.56. The zero-order valence-corrected chi connectivity index (χ0v) is 14.5. The normalized spacial score (nSPS) is 27.0. The quantitative estimate of drug-likeness (QED) is 0.921. The number of hydrogen-bond donors (Lipinski definition) is 1. The first-order chi connectivity index (χ1) is 9.85. The number of aromatic nitrogens is 2. The van der Waals surface area contributed by atoms with E-state index in [1.165, 1.54) is 30.7 Å². The van der Waals surface area contributed by atoms with E-state index in [0.717, 1.165) is 25.3 Å². The number of nitrogens with two attached hydrogens (primary N) is 1. The van der Waals surface area contributed by atoms with Gasteiger partial charge in [-0.15, -0.1) is 0 Å². The summed E-state index contributed by atoms with van der Waals surface area (Å²) in [5.41, 5.74) is 9.05. The minimum absolute atomic E-state index is 0.416. The third-order valence-corrected chi connectivity index (χ3v) is 5.53. The van der Waals surface area contributed by atoms with Crippen molar-refractivity contribution in [1.82, 2.24) is 9.78 Å². The first kappa shape index (κ1) is 16.5. The summed E-state index contributed by atoms with van der Waals surface area (Å²) in [6.45, 7) is 10.2. The minimum Gasteiger partial charge on any atom is -0.330 e. The van der Waals surface area contributed by atoms with Gasteiger partial charge in [0.2, 0.25) is 0 Å². The molecule has 1 aliphatic carbocycles. The Bertz CT molecular complexity index is 456. The molecule has 0 radical (unpaired) electrons. The van der Waals surface area contributed by atoms with Crippen LogP contribution in [-0.2, 0) is 19.9 Å². The average Bonchev–Trinajstić information content (AvgIpc) is 2.78. The molecule has 1 heterocycles. The monoisotopic (exact) mass is 291 g/mol. The molecule has 3 heteroatoms. The number of nitrogens with zero attached hydrogens (tertiary/aromatic N) is 2. The van der Waals surface area contributed by atoms with E-state index >= 15 is 0 Å². The fourth-order valence-electron chi connectivity index (χ4n) is 3.88. The molecule has 2 N–H and O–H groups in total. The van der Waals surface area contributed by atoms with Crippen LogP contribution >= 0.6 is 0 Å². The molecule has 2 rings (SSSR count). The van der Waals surface area contributed by atoms with Crippen molar-refractivity contribution in [2.75, 3.05) is 6.54 Å². The fraction of sp³-hybridized carbons (Fsp3) is 0.833. The first-order valence-corrected chi connectivity index (χ1v) is 8.57. The summed E-state index contributed by atoms with van der Waals surface area (Å²) in [7, 11) is 2.08. The molecule has 3 atom stereocenters. The molecule has 21 heavy (non-hydrogen) atoms. The van der Waals surface area contributed by atoms with E-state index in [2.05, 4.69) is 50.6 Å². The van der Waals surface area contributed by atoms with Crippen molar-refractivity contribution in [3.63, 3.8) is 0 Å². The summed E-state index contributed by atoms with van der Waals surface area (Å²) in [5, 5.41) is 4.60. The van der Waals surface area contributed by atoms with Crippen LogP contribution in [0.3, 0.4) is 0 Å². The van der Waals surface area contributed by atoms with Crippen LogP contribution in [0.25, 0.3) is 0 Å². The molecule has 1 fully saturated rings. The Labute approximate surface area is 130 Å². The molecule has 0 bridgehead atoms. The number of hydrogen-bond acceptors (Lipinski definition) is 2. The van der Waals surface area contributed by atoms with Gasteiger partial charge >= 0.3 is 0 Å². The number of aryl methyl sites for hydroxylation is 2. The zero-order chi connectivity index (χ0) is 15.6. The van der Waals surface area contributed by atoms with Gasteiger partial charge in [-0.25, -0.2) is 0 Å². The Balaban J connectivity index is 2.12. The van der Waals surface area contributed by atoms with Gasteiger partial charge in [-0.1, -0.05) is 27.7 Å². The lowest BCUT2D eigenvalue weighted by Crippen LogP contribution is -2.36. The van der Waals surface area contributed by atoms with Gasteiger partial charge in [0.25, 0.3) is 0 Å². The fourth-order valence-corrected chi connectivity index (χ4v) is 3.88. The standard InChI is InChI=1S/C18H33N3/c1-6-16-11-17(21(5)20-16)10-14-9-15(18(2,3)4)8-7-13(14)12-19/h11,13-15H,6-10,12,19H2,1-5H3. The van der Waals surface area contributed by atoms with E-state index in [-0.39, 0.29) is 0 Å². The Morgan fingerprint density at radius 1 is 1.29 bits per heavy atom. The topological polar surface area (TPSA) is 43.8 Å². The molecular weight excluding hydrogens is 258 g/mol. The molecule has 3 unspecified atom stereocenters. The maximum absolute atomic E-state index is 6.05. The van der Waals surface area contributed by atoms with Crippen LogP contribution in [0, 0.1) is 23.2 Å². The highest BCUT2D eigenvalue weighted by molar-refractivity contribution is 5.11. The van der Waals surface area contributed by atoms with Crippen molar-refractivity contribution in [3.8, 4) is 0 Å². The highest BCUT2D eigenvalue weighted by atomic mass is 15.3. The van der Waals surface area contributed by atoms with Crippen molar-refractivity contribution >= 4 is 0 Å². The van der Waals surface area contributed by atoms with Gasteiger partial charge in [-0.05, 0) is 67.9 Å². The van der Waals surface area contributed by atoms with Crippen LogP contribution in [0.15, 0.2) is 6.07 Å². The van der Waals surface area contributed by atoms with E-state index in [1.807, 2.05) is 0 Å². The van der Waals surface area contributed by atoms with Crippen molar-refractivity contribution in [3.05, 3.63) is 17.5 Å². The smallest absolute Gasteiger partial charge is 0.0624 e. The van der Waals surface area contributed by atoms with Gasteiger partial charge in [0.1, 0.15) is 0 Å². The highest BCUT2D eigenvalue weighted by Crippen LogP contribution is 2.43. The van der Waals surface area contributed by atoms with Crippen LogP contribution < -0.4 is 5.73 Å². The summed E-state index contributed by atoms with van der Waals surface area (Å²) in [6, 6.07) is 2.29. The molecule has 0 amide bonds. The third kappa shape index (κ3) is 3.88. The lowest BCUT2D eigenvalue weighted by molar-refractivity contribution is 0.100. The van der Waals surface area contributed by atoms with Crippen LogP contribution in [-0.4, -0.2) is 16.3 Å². The zero-order valence-electron chi connectivity index (χ0n) is 14.5. The number of rotatable bonds is 4. The van der Waals surface area contributed by atoms with Gasteiger partial charge in [-0.3, -0.25) is 4.68 Å². The molecule has 1 aromatic rings. The predicted molar refractivity (Wildman–Crippen MR) is 89.1 cm³/mol. The maximum Gasteiger partial charge on any atom is 0.0624 e. The Kier molecular flexibility index (Phi) is 5.13. The summed E-state index contributed by atoms with van der Waals surface area (Å²) >= 11 is 0. The van der Waals surface area contributed by atoms with Gasteiger partial charge < -0.3 is 5.73 Å². The first-order valence-electron chi connectivity index (χ1n) is 8.57. The van der Waals surface area contributed by atoms with Gasteiger partial charge in [-0.2, -0.15) is 5.10 Å². The SMILES string of the molecule is CCc1cc(CC2CC(C(C)(C)C)CCC2CN)n(C)n1. The molecule has 3 nitrogen and oxygen atoms in total.